The van der Waals surface area contributed by atoms with Crippen LogP contribution in [0, 0.1) is 0 Å². The fraction of sp³-hybridized carbons (Fsp3) is 0.0769. The Labute approximate surface area is 479 Å². The highest BCUT2D eigenvalue weighted by molar-refractivity contribution is 6.10. The molecule has 0 unspecified atom stereocenters. The van der Waals surface area contributed by atoms with E-state index in [1.54, 1.807) is 0 Å². The Kier molecular flexibility index (Phi) is 11.5. The smallest absolute Gasteiger partial charge is 0.0714 e. The summed E-state index contributed by atoms with van der Waals surface area (Å²) in [5.74, 6) is 0. The van der Waals surface area contributed by atoms with Gasteiger partial charge in [-0.2, -0.15) is 0 Å². The molecule has 2 aliphatic rings. The van der Waals surface area contributed by atoms with Crippen molar-refractivity contribution in [3.63, 3.8) is 0 Å². The standard InChI is InChI=1S/C44H32N2.C34H28N2/c1-45(33-24-26-34(27-25-33)46-42-22-12-9-19-38(42)39-20-10-13-23-43(39)46)35-28-29-37-36-18-8-11-21-40(36)44(41(37)30-35,31-14-4-2-5-15-31)32-16-6-3-7-17-32;1-34(2)30-13-7-4-10-26(30)27-21-20-25(22-31(27)34)35(3)23-16-18-24(19-17-23)36-32-14-8-5-11-28(32)29-12-6-9-15-33(29)36/h2-30H,1H3;4-22H,1-3H3. The van der Waals surface area contributed by atoms with E-state index in [2.05, 4.69) is 338 Å². The van der Waals surface area contributed by atoms with E-state index in [4.69, 9.17) is 0 Å². The van der Waals surface area contributed by atoms with Gasteiger partial charge in [-0.15, -0.1) is 0 Å². The number of anilines is 4. The van der Waals surface area contributed by atoms with Crippen LogP contribution in [0.3, 0.4) is 0 Å². The average molecular weight is 1050 g/mol. The van der Waals surface area contributed by atoms with Gasteiger partial charge in [0.15, 0.2) is 0 Å². The number of para-hydroxylation sites is 4. The summed E-state index contributed by atoms with van der Waals surface area (Å²) >= 11 is 0. The van der Waals surface area contributed by atoms with E-state index in [1.165, 1.54) is 116 Å². The van der Waals surface area contributed by atoms with E-state index in [0.29, 0.717) is 0 Å². The number of hydrogen-bond acceptors (Lipinski definition) is 2. The molecule has 0 N–H and O–H groups in total. The molecule has 0 atom stereocenters. The Bertz CT molecular complexity index is 4590. The number of rotatable bonds is 8. The molecule has 16 rings (SSSR count). The minimum Gasteiger partial charge on any atom is -0.345 e. The van der Waals surface area contributed by atoms with Crippen LogP contribution in [0.5, 0.6) is 0 Å². The molecule has 0 amide bonds. The Morgan fingerprint density at radius 3 is 1.02 bits per heavy atom. The molecule has 4 heteroatoms. The maximum atomic E-state index is 2.41. The van der Waals surface area contributed by atoms with Crippen LogP contribution in [0.1, 0.15) is 47.2 Å². The Morgan fingerprint density at radius 2 is 0.585 bits per heavy atom. The summed E-state index contributed by atoms with van der Waals surface area (Å²) in [5, 5.41) is 5.13. The van der Waals surface area contributed by atoms with Crippen LogP contribution in [0.4, 0.5) is 22.7 Å². The molecule has 392 valence electrons. The third-order valence-electron chi connectivity index (χ3n) is 17.9. The number of fused-ring (bicyclic) bond motifs is 12. The Balaban J connectivity index is 0.000000145. The molecule has 2 aromatic heterocycles. The normalized spacial score (nSPS) is 13.3. The summed E-state index contributed by atoms with van der Waals surface area (Å²) in [5.41, 5.74) is 24.9. The first-order valence-electron chi connectivity index (χ1n) is 28.5. The van der Waals surface area contributed by atoms with Crippen molar-refractivity contribution in [3.8, 4) is 33.6 Å². The first-order valence-corrected chi connectivity index (χ1v) is 28.5. The van der Waals surface area contributed by atoms with Crippen LogP contribution in [-0.2, 0) is 10.8 Å². The monoisotopic (exact) mass is 1050 g/mol. The SMILES string of the molecule is CN(c1ccc(-n2c3ccccc3c3ccccc32)cc1)c1ccc2c(c1)C(C)(C)c1ccccc1-2.CN(c1ccc(-n2c3ccccc3c3ccccc32)cc1)c1ccc2c(c1)C(c1ccccc1)(c1ccccc1)c1ccccc1-2. The van der Waals surface area contributed by atoms with Gasteiger partial charge in [0.05, 0.1) is 27.5 Å². The van der Waals surface area contributed by atoms with Gasteiger partial charge in [-0.05, 0) is 153 Å². The van der Waals surface area contributed by atoms with Gasteiger partial charge in [-0.3, -0.25) is 0 Å². The van der Waals surface area contributed by atoms with Gasteiger partial charge >= 0.3 is 0 Å². The lowest BCUT2D eigenvalue weighted by atomic mass is 9.67. The Morgan fingerprint density at radius 1 is 0.268 bits per heavy atom. The average Bonchev–Trinajstić information content (AvgIpc) is 2.06. The molecule has 12 aromatic carbocycles. The van der Waals surface area contributed by atoms with Crippen LogP contribution >= 0.6 is 0 Å². The van der Waals surface area contributed by atoms with Crippen molar-refractivity contribution in [1.29, 1.82) is 0 Å². The summed E-state index contributed by atoms with van der Waals surface area (Å²) in [6.07, 6.45) is 0. The number of benzene rings is 12. The minimum absolute atomic E-state index is 0.00314. The van der Waals surface area contributed by atoms with Crippen LogP contribution < -0.4 is 9.80 Å². The van der Waals surface area contributed by atoms with Gasteiger partial charge in [-0.25, -0.2) is 0 Å². The molecule has 0 saturated carbocycles. The second-order valence-corrected chi connectivity index (χ2v) is 22.5. The lowest BCUT2D eigenvalue weighted by Gasteiger charge is -2.34. The molecule has 0 aliphatic heterocycles. The molecule has 14 aromatic rings. The third-order valence-corrected chi connectivity index (χ3v) is 17.9. The second kappa shape index (κ2) is 19.3. The van der Waals surface area contributed by atoms with Crippen molar-refractivity contribution in [2.75, 3.05) is 23.9 Å². The largest absolute Gasteiger partial charge is 0.345 e. The van der Waals surface area contributed by atoms with Crippen molar-refractivity contribution < 1.29 is 0 Å². The fourth-order valence-corrected chi connectivity index (χ4v) is 13.9. The predicted octanol–water partition coefficient (Wildman–Crippen LogP) is 19.8. The summed E-state index contributed by atoms with van der Waals surface area (Å²) in [6, 6.07) is 106. The van der Waals surface area contributed by atoms with E-state index in [0.717, 1.165) is 17.1 Å². The van der Waals surface area contributed by atoms with Gasteiger partial charge in [0.1, 0.15) is 0 Å². The van der Waals surface area contributed by atoms with E-state index in [-0.39, 0.29) is 5.41 Å². The fourth-order valence-electron chi connectivity index (χ4n) is 13.9. The van der Waals surface area contributed by atoms with Crippen LogP contribution in [0.15, 0.2) is 291 Å². The molecule has 0 bridgehead atoms. The van der Waals surface area contributed by atoms with Crippen molar-refractivity contribution in [2.45, 2.75) is 24.7 Å². The zero-order valence-corrected chi connectivity index (χ0v) is 46.5. The van der Waals surface area contributed by atoms with Crippen LogP contribution in [-0.4, -0.2) is 23.2 Å². The zero-order chi connectivity index (χ0) is 55.1. The zero-order valence-electron chi connectivity index (χ0n) is 46.5. The van der Waals surface area contributed by atoms with E-state index in [9.17, 15) is 0 Å². The highest BCUT2D eigenvalue weighted by Gasteiger charge is 2.46. The second-order valence-electron chi connectivity index (χ2n) is 22.5. The van der Waals surface area contributed by atoms with Gasteiger partial charge in [0.2, 0.25) is 0 Å². The van der Waals surface area contributed by atoms with Crippen molar-refractivity contribution in [1.82, 2.24) is 9.13 Å². The molecule has 82 heavy (non-hydrogen) atoms. The quantitative estimate of drug-likeness (QED) is 0.151. The number of hydrogen-bond donors (Lipinski definition) is 0. The molecule has 0 saturated heterocycles. The predicted molar refractivity (Wildman–Crippen MR) is 345 cm³/mol. The van der Waals surface area contributed by atoms with E-state index >= 15 is 0 Å². The topological polar surface area (TPSA) is 16.3 Å². The molecular weight excluding hydrogens is 993 g/mol. The van der Waals surface area contributed by atoms with Crippen molar-refractivity contribution in [2.24, 2.45) is 0 Å². The summed E-state index contributed by atoms with van der Waals surface area (Å²) in [4.78, 5) is 4.59. The first kappa shape index (κ1) is 48.9. The number of nitrogens with zero attached hydrogens (tertiary/aromatic N) is 4. The number of aromatic nitrogens is 2. The third kappa shape index (κ3) is 7.52. The lowest BCUT2D eigenvalue weighted by Crippen LogP contribution is -2.28. The van der Waals surface area contributed by atoms with Gasteiger partial charge in [0.25, 0.3) is 0 Å². The van der Waals surface area contributed by atoms with Gasteiger partial charge < -0.3 is 18.9 Å². The summed E-state index contributed by atoms with van der Waals surface area (Å²) < 4.78 is 4.73. The highest BCUT2D eigenvalue weighted by atomic mass is 15.1. The van der Waals surface area contributed by atoms with Gasteiger partial charge in [0, 0.05) is 75.2 Å². The summed E-state index contributed by atoms with van der Waals surface area (Å²) in [7, 11) is 4.33. The van der Waals surface area contributed by atoms with E-state index < -0.39 is 5.41 Å². The molecular formula is C78H60N4. The molecule has 0 spiro atoms. The van der Waals surface area contributed by atoms with Gasteiger partial charge in [-0.1, -0.05) is 208 Å². The van der Waals surface area contributed by atoms with Crippen LogP contribution in [0.2, 0.25) is 0 Å². The molecule has 2 heterocycles. The summed E-state index contributed by atoms with van der Waals surface area (Å²) in [6.45, 7) is 4.67. The van der Waals surface area contributed by atoms with Crippen molar-refractivity contribution in [3.05, 3.63) is 325 Å². The minimum atomic E-state index is -0.411. The first-order chi connectivity index (χ1) is 40.3. The van der Waals surface area contributed by atoms with Crippen molar-refractivity contribution >= 4 is 66.4 Å². The molecule has 4 nitrogen and oxygen atoms in total. The molecule has 0 fully saturated rings. The highest BCUT2D eigenvalue weighted by Crippen LogP contribution is 2.57. The maximum Gasteiger partial charge on any atom is 0.0714 e. The van der Waals surface area contributed by atoms with Crippen LogP contribution in [0.25, 0.3) is 77.2 Å². The van der Waals surface area contributed by atoms with E-state index in [1.807, 2.05) is 0 Å². The Hall–Kier alpha value is -10.2. The molecule has 2 aliphatic carbocycles. The maximum absolute atomic E-state index is 2.41. The molecule has 0 radical (unpaired) electrons. The lowest BCUT2D eigenvalue weighted by molar-refractivity contribution is 0.660.